The van der Waals surface area contributed by atoms with Crippen LogP contribution in [0.1, 0.15) is 93.4 Å². The average Bonchev–Trinajstić information content (AvgIpc) is 3.06. The molecule has 0 aliphatic heterocycles. The SMILES string of the molecule is C=C(C)C.C=C1C=C2CCC3C(=CCC4(C)C(C(=C)CC)=CCC34)C2(C)CC1.CC. The molecule has 0 heteroatoms. The number of rotatable bonds is 2. The van der Waals surface area contributed by atoms with E-state index in [4.69, 9.17) is 0 Å². The summed E-state index contributed by atoms with van der Waals surface area (Å²) in [5.74, 6) is 1.56. The summed E-state index contributed by atoms with van der Waals surface area (Å²) in [5.41, 5.74) is 9.53. The molecule has 0 aromatic heterocycles. The summed E-state index contributed by atoms with van der Waals surface area (Å²) in [5, 5.41) is 0. The number of hydrogen-bond acceptors (Lipinski definition) is 0. The molecule has 0 amide bonds. The van der Waals surface area contributed by atoms with Crippen LogP contribution in [0.2, 0.25) is 0 Å². The monoisotopic (exact) mass is 406 g/mol. The molecule has 0 heterocycles. The van der Waals surface area contributed by atoms with Gasteiger partial charge in [0.05, 0.1) is 0 Å². The lowest BCUT2D eigenvalue weighted by molar-refractivity contribution is 0.139. The molecule has 4 atom stereocenters. The summed E-state index contributed by atoms with van der Waals surface area (Å²) in [6.45, 7) is 27.4. The third-order valence-corrected chi connectivity index (χ3v) is 7.84. The Labute approximate surface area is 187 Å². The van der Waals surface area contributed by atoms with Crippen LogP contribution in [0, 0.1) is 22.7 Å². The molecule has 0 radical (unpaired) electrons. The highest BCUT2D eigenvalue weighted by Crippen LogP contribution is 2.64. The maximum atomic E-state index is 4.38. The fourth-order valence-electron chi connectivity index (χ4n) is 6.27. The standard InChI is InChI=1S/C24H32.C4H8.C2H6/c1-6-17(3)20-9-10-21-19-8-7-18-15-16(2)11-13-23(18,4)22(19)12-14-24(20,21)5;1-4(2)3;1-2/h9,12,15,19,21H,2-3,6-8,10-11,13-14H2,1,4-5H3;1H2,2-3H3;1-2H3. The van der Waals surface area contributed by atoms with Gasteiger partial charge in [-0.2, -0.15) is 0 Å². The summed E-state index contributed by atoms with van der Waals surface area (Å²) >= 11 is 0. The second-order valence-electron chi connectivity index (χ2n) is 10.2. The molecule has 4 aliphatic rings. The molecule has 1 fully saturated rings. The predicted octanol–water partition coefficient (Wildman–Crippen LogP) is 9.54. The van der Waals surface area contributed by atoms with Crippen LogP contribution in [-0.2, 0) is 0 Å². The Kier molecular flexibility index (Phi) is 8.00. The Balaban J connectivity index is 0.000000481. The van der Waals surface area contributed by atoms with Crippen molar-refractivity contribution >= 4 is 0 Å². The van der Waals surface area contributed by atoms with Gasteiger partial charge in [-0.05, 0) is 81.6 Å². The van der Waals surface area contributed by atoms with Crippen LogP contribution in [0.3, 0.4) is 0 Å². The van der Waals surface area contributed by atoms with E-state index < -0.39 is 0 Å². The maximum absolute atomic E-state index is 4.38. The second-order valence-corrected chi connectivity index (χ2v) is 10.2. The van der Waals surface area contributed by atoms with E-state index >= 15 is 0 Å². The molecule has 4 rings (SSSR count). The lowest BCUT2D eigenvalue weighted by Gasteiger charge is -2.53. The van der Waals surface area contributed by atoms with Crippen LogP contribution in [-0.4, -0.2) is 0 Å². The minimum atomic E-state index is 0.315. The number of hydrogen-bond donors (Lipinski definition) is 0. The van der Waals surface area contributed by atoms with E-state index in [2.05, 4.69) is 58.7 Å². The van der Waals surface area contributed by atoms with E-state index in [9.17, 15) is 0 Å². The topological polar surface area (TPSA) is 0 Å². The van der Waals surface area contributed by atoms with Crippen LogP contribution in [0.4, 0.5) is 0 Å². The molecule has 4 aliphatic carbocycles. The van der Waals surface area contributed by atoms with Gasteiger partial charge in [-0.15, -0.1) is 6.58 Å². The van der Waals surface area contributed by atoms with Crippen LogP contribution in [0.15, 0.2) is 71.4 Å². The first-order valence-electron chi connectivity index (χ1n) is 12.2. The molecule has 0 spiro atoms. The summed E-state index contributed by atoms with van der Waals surface area (Å²) in [4.78, 5) is 0. The average molecular weight is 407 g/mol. The molecule has 0 N–H and O–H groups in total. The summed E-state index contributed by atoms with van der Waals surface area (Å²) in [6, 6.07) is 0. The van der Waals surface area contributed by atoms with Gasteiger partial charge in [0.1, 0.15) is 0 Å². The molecule has 0 saturated heterocycles. The quantitative estimate of drug-likeness (QED) is 0.400. The van der Waals surface area contributed by atoms with Crippen molar-refractivity contribution in [3.8, 4) is 0 Å². The zero-order chi connectivity index (χ0) is 22.7. The summed E-state index contributed by atoms with van der Waals surface area (Å²) in [7, 11) is 0. The molecular weight excluding hydrogens is 360 g/mol. The van der Waals surface area contributed by atoms with Gasteiger partial charge in [-0.1, -0.05) is 93.9 Å². The van der Waals surface area contributed by atoms with Crippen molar-refractivity contribution in [2.75, 3.05) is 0 Å². The van der Waals surface area contributed by atoms with Gasteiger partial charge in [0, 0.05) is 5.41 Å². The highest BCUT2D eigenvalue weighted by Gasteiger charge is 2.53. The second kappa shape index (κ2) is 9.71. The van der Waals surface area contributed by atoms with Crippen LogP contribution < -0.4 is 0 Å². The van der Waals surface area contributed by atoms with E-state index in [1.807, 2.05) is 27.7 Å². The minimum Gasteiger partial charge on any atom is -0.100 e. The van der Waals surface area contributed by atoms with E-state index in [0.29, 0.717) is 10.8 Å². The largest absolute Gasteiger partial charge is 0.100 e. The van der Waals surface area contributed by atoms with E-state index in [1.165, 1.54) is 55.2 Å². The molecule has 0 aromatic rings. The molecular formula is C30H46. The van der Waals surface area contributed by atoms with Gasteiger partial charge in [-0.3, -0.25) is 0 Å². The van der Waals surface area contributed by atoms with Crippen molar-refractivity contribution < 1.29 is 0 Å². The smallest absolute Gasteiger partial charge is 0.0101 e. The van der Waals surface area contributed by atoms with Crippen LogP contribution in [0.5, 0.6) is 0 Å². The number of fused-ring (bicyclic) bond motifs is 5. The van der Waals surface area contributed by atoms with Crippen molar-refractivity contribution in [1.82, 2.24) is 0 Å². The van der Waals surface area contributed by atoms with Gasteiger partial charge in [0.15, 0.2) is 0 Å². The lowest BCUT2D eigenvalue weighted by Crippen LogP contribution is -2.43. The van der Waals surface area contributed by atoms with Crippen molar-refractivity contribution in [3.63, 3.8) is 0 Å². The molecule has 166 valence electrons. The van der Waals surface area contributed by atoms with Crippen molar-refractivity contribution in [2.45, 2.75) is 93.4 Å². The molecule has 0 nitrogen and oxygen atoms in total. The zero-order valence-corrected chi connectivity index (χ0v) is 21.0. The molecule has 1 saturated carbocycles. The van der Waals surface area contributed by atoms with Gasteiger partial charge in [0.2, 0.25) is 0 Å². The highest BCUT2D eigenvalue weighted by molar-refractivity contribution is 5.47. The third-order valence-electron chi connectivity index (χ3n) is 7.84. The Bertz CT molecular complexity index is 779. The Morgan fingerprint density at radius 1 is 1.10 bits per heavy atom. The van der Waals surface area contributed by atoms with E-state index in [0.717, 1.165) is 18.3 Å². The van der Waals surface area contributed by atoms with Gasteiger partial charge >= 0.3 is 0 Å². The normalized spacial score (nSPS) is 33.7. The predicted molar refractivity (Wildman–Crippen MR) is 136 cm³/mol. The summed E-state index contributed by atoms with van der Waals surface area (Å²) in [6.07, 6.45) is 16.2. The number of allylic oxidation sites excluding steroid dienone is 9. The fraction of sp³-hybridized carbons (Fsp3) is 0.600. The van der Waals surface area contributed by atoms with Gasteiger partial charge < -0.3 is 0 Å². The third kappa shape index (κ3) is 4.39. The molecule has 4 unspecified atom stereocenters. The molecule has 0 bridgehead atoms. The first-order chi connectivity index (χ1) is 14.1. The molecule has 0 aromatic carbocycles. The lowest BCUT2D eigenvalue weighted by atomic mass is 9.51. The van der Waals surface area contributed by atoms with Gasteiger partial charge in [-0.25, -0.2) is 0 Å². The van der Waals surface area contributed by atoms with Crippen LogP contribution in [0.25, 0.3) is 0 Å². The van der Waals surface area contributed by atoms with Crippen molar-refractivity contribution in [3.05, 3.63) is 71.4 Å². The zero-order valence-electron chi connectivity index (χ0n) is 21.0. The van der Waals surface area contributed by atoms with Crippen molar-refractivity contribution in [1.29, 1.82) is 0 Å². The maximum Gasteiger partial charge on any atom is 0.0101 e. The minimum absolute atomic E-state index is 0.315. The highest BCUT2D eigenvalue weighted by atomic mass is 14.6. The first kappa shape index (κ1) is 24.7. The van der Waals surface area contributed by atoms with Gasteiger partial charge in [0.25, 0.3) is 0 Å². The molecule has 30 heavy (non-hydrogen) atoms. The Morgan fingerprint density at radius 3 is 2.33 bits per heavy atom. The van der Waals surface area contributed by atoms with E-state index in [-0.39, 0.29) is 0 Å². The Morgan fingerprint density at radius 2 is 1.73 bits per heavy atom. The Hall–Kier alpha value is -1.56. The summed E-state index contributed by atoms with van der Waals surface area (Å²) < 4.78 is 0. The van der Waals surface area contributed by atoms with E-state index in [1.54, 1.807) is 16.7 Å². The first-order valence-corrected chi connectivity index (χ1v) is 12.2. The van der Waals surface area contributed by atoms with Crippen molar-refractivity contribution in [2.24, 2.45) is 22.7 Å². The fourth-order valence-corrected chi connectivity index (χ4v) is 6.27. The van der Waals surface area contributed by atoms with Crippen LogP contribution >= 0.6 is 0 Å².